The molecule has 1 aliphatic rings. The Morgan fingerprint density at radius 2 is 2.00 bits per heavy atom. The number of piperidine rings is 1. The van der Waals surface area contributed by atoms with Crippen LogP contribution in [0.25, 0.3) is 11.1 Å². The van der Waals surface area contributed by atoms with Crippen LogP contribution in [0.1, 0.15) is 30.2 Å². The number of carbonyl (C=O) groups is 1. The van der Waals surface area contributed by atoms with Gasteiger partial charge in [0, 0.05) is 25.6 Å². The molecule has 1 aliphatic heterocycles. The fourth-order valence-electron chi connectivity index (χ4n) is 3.51. The summed E-state index contributed by atoms with van der Waals surface area (Å²) in [4.78, 5) is 18.7. The fourth-order valence-corrected chi connectivity index (χ4v) is 3.51. The summed E-state index contributed by atoms with van der Waals surface area (Å²) in [5.74, 6) is 0.760. The molecule has 27 heavy (non-hydrogen) atoms. The molecule has 0 spiro atoms. The lowest BCUT2D eigenvalue weighted by Gasteiger charge is -2.30. The highest BCUT2D eigenvalue weighted by molar-refractivity contribution is 5.74. The molecule has 140 valence electrons. The van der Waals surface area contributed by atoms with Crippen LogP contribution in [0, 0.1) is 5.82 Å². The van der Waals surface area contributed by atoms with Gasteiger partial charge in [0.2, 0.25) is 0 Å². The maximum atomic E-state index is 13.2. The number of likely N-dealkylation sites (tertiary alicyclic amines) is 1. The first-order chi connectivity index (χ1) is 13.2. The molecule has 2 amide bonds. The van der Waals surface area contributed by atoms with Crippen molar-refractivity contribution in [1.82, 2.24) is 15.2 Å². The maximum absolute atomic E-state index is 13.2. The molecular weight excluding hydrogens is 345 g/mol. The first-order valence-corrected chi connectivity index (χ1v) is 9.32. The van der Waals surface area contributed by atoms with Crippen molar-refractivity contribution in [2.45, 2.75) is 25.2 Å². The number of hydrogen-bond acceptors (Lipinski definition) is 3. The number of benzene rings is 2. The number of urea groups is 1. The van der Waals surface area contributed by atoms with Crippen molar-refractivity contribution in [3.8, 4) is 0 Å². The molecular formula is C21H22FN3O2. The molecule has 0 radical (unpaired) electrons. The quantitative estimate of drug-likeness (QED) is 0.755. The van der Waals surface area contributed by atoms with E-state index in [1.54, 1.807) is 6.07 Å². The van der Waals surface area contributed by atoms with Crippen molar-refractivity contribution in [1.29, 1.82) is 0 Å². The smallest absolute Gasteiger partial charge is 0.317 e. The van der Waals surface area contributed by atoms with Crippen molar-refractivity contribution in [3.05, 3.63) is 65.8 Å². The van der Waals surface area contributed by atoms with E-state index >= 15 is 0 Å². The fraction of sp³-hybridized carbons (Fsp3) is 0.333. The minimum atomic E-state index is -0.250. The summed E-state index contributed by atoms with van der Waals surface area (Å²) < 4.78 is 19.0. The van der Waals surface area contributed by atoms with E-state index in [0.29, 0.717) is 26.1 Å². The van der Waals surface area contributed by atoms with Gasteiger partial charge < -0.3 is 14.6 Å². The van der Waals surface area contributed by atoms with E-state index in [1.807, 2.05) is 35.2 Å². The normalized spacial score (nSPS) is 15.2. The molecule has 3 aromatic rings. The Hall–Kier alpha value is -2.89. The summed E-state index contributed by atoms with van der Waals surface area (Å²) in [5, 5.41) is 2.92. The lowest BCUT2D eigenvalue weighted by atomic mass is 9.97. The largest absolute Gasteiger partial charge is 0.440 e. The van der Waals surface area contributed by atoms with Gasteiger partial charge in [-0.1, -0.05) is 24.3 Å². The zero-order valence-electron chi connectivity index (χ0n) is 15.0. The number of oxazole rings is 1. The Bertz CT molecular complexity index is 899. The third-order valence-corrected chi connectivity index (χ3v) is 5.02. The predicted octanol–water partition coefficient (Wildman–Crippen LogP) is 4.10. The number of carbonyl (C=O) groups excluding carboxylic acids is 1. The van der Waals surface area contributed by atoms with Crippen LogP contribution in [0.2, 0.25) is 0 Å². The topological polar surface area (TPSA) is 58.4 Å². The number of hydrogen-bond donors (Lipinski definition) is 1. The maximum Gasteiger partial charge on any atom is 0.317 e. The molecule has 0 atom stereocenters. The number of nitrogens with zero attached hydrogens (tertiary/aromatic N) is 2. The van der Waals surface area contributed by atoms with Crippen molar-refractivity contribution in [2.24, 2.45) is 0 Å². The molecule has 4 rings (SSSR count). The average molecular weight is 367 g/mol. The summed E-state index contributed by atoms with van der Waals surface area (Å²) in [6.45, 7) is 1.84. The van der Waals surface area contributed by atoms with E-state index in [4.69, 9.17) is 4.42 Å². The van der Waals surface area contributed by atoms with Crippen LogP contribution in [0.3, 0.4) is 0 Å². The molecule has 0 unspecified atom stereocenters. The second-order valence-electron chi connectivity index (χ2n) is 6.89. The van der Waals surface area contributed by atoms with E-state index in [-0.39, 0.29) is 17.8 Å². The standard InChI is InChI=1S/C21H22FN3O2/c22-17-5-3-4-15(14-17)8-11-23-21(26)25-12-9-16(10-13-25)20-24-18-6-1-2-7-19(18)27-20/h1-7,14,16H,8-13H2,(H,23,26). The van der Waals surface area contributed by atoms with Gasteiger partial charge in [0.15, 0.2) is 11.5 Å². The van der Waals surface area contributed by atoms with Crippen LogP contribution in [-0.2, 0) is 6.42 Å². The molecule has 1 N–H and O–H groups in total. The molecule has 6 heteroatoms. The van der Waals surface area contributed by atoms with Crippen LogP contribution in [0.4, 0.5) is 9.18 Å². The molecule has 2 heterocycles. The van der Waals surface area contributed by atoms with E-state index < -0.39 is 0 Å². The summed E-state index contributed by atoms with van der Waals surface area (Å²) >= 11 is 0. The van der Waals surface area contributed by atoms with E-state index in [2.05, 4.69) is 10.3 Å². The Morgan fingerprint density at radius 3 is 2.78 bits per heavy atom. The highest BCUT2D eigenvalue weighted by Crippen LogP contribution is 2.29. The van der Waals surface area contributed by atoms with Gasteiger partial charge in [0.1, 0.15) is 11.3 Å². The molecule has 1 fully saturated rings. The molecule has 2 aromatic carbocycles. The molecule has 0 aliphatic carbocycles. The Morgan fingerprint density at radius 1 is 1.19 bits per heavy atom. The van der Waals surface area contributed by atoms with E-state index in [1.165, 1.54) is 12.1 Å². The van der Waals surface area contributed by atoms with Gasteiger partial charge >= 0.3 is 6.03 Å². The number of nitrogens with one attached hydrogen (secondary N) is 1. The van der Waals surface area contributed by atoms with Crippen LogP contribution >= 0.6 is 0 Å². The molecule has 1 aromatic heterocycles. The SMILES string of the molecule is O=C(NCCc1cccc(F)c1)N1CCC(c2nc3ccccc3o2)CC1. The number of halogens is 1. The third kappa shape index (κ3) is 4.10. The Balaban J connectivity index is 1.26. The first kappa shape index (κ1) is 17.5. The van der Waals surface area contributed by atoms with Gasteiger partial charge in [0.05, 0.1) is 0 Å². The lowest BCUT2D eigenvalue weighted by Crippen LogP contribution is -2.44. The molecule has 1 saturated heterocycles. The van der Waals surface area contributed by atoms with Crippen molar-refractivity contribution in [3.63, 3.8) is 0 Å². The zero-order chi connectivity index (χ0) is 18.6. The summed E-state index contributed by atoms with van der Waals surface area (Å²) in [6, 6.07) is 14.2. The second kappa shape index (κ2) is 7.78. The molecule has 0 bridgehead atoms. The minimum absolute atomic E-state index is 0.0672. The van der Waals surface area contributed by atoms with Gasteiger partial charge in [-0.3, -0.25) is 0 Å². The number of amides is 2. The number of rotatable bonds is 4. The highest BCUT2D eigenvalue weighted by Gasteiger charge is 2.26. The Labute approximate surface area is 157 Å². The van der Waals surface area contributed by atoms with E-state index in [0.717, 1.165) is 35.4 Å². The van der Waals surface area contributed by atoms with E-state index in [9.17, 15) is 9.18 Å². The van der Waals surface area contributed by atoms with Gasteiger partial charge in [0.25, 0.3) is 0 Å². The van der Waals surface area contributed by atoms with Gasteiger partial charge in [-0.15, -0.1) is 0 Å². The lowest BCUT2D eigenvalue weighted by molar-refractivity contribution is 0.178. The highest BCUT2D eigenvalue weighted by atomic mass is 19.1. The van der Waals surface area contributed by atoms with Crippen LogP contribution < -0.4 is 5.32 Å². The van der Waals surface area contributed by atoms with Gasteiger partial charge in [-0.2, -0.15) is 0 Å². The third-order valence-electron chi connectivity index (χ3n) is 5.02. The van der Waals surface area contributed by atoms with Crippen LogP contribution in [-0.4, -0.2) is 35.5 Å². The first-order valence-electron chi connectivity index (χ1n) is 9.32. The van der Waals surface area contributed by atoms with Crippen LogP contribution in [0.15, 0.2) is 52.9 Å². The number of para-hydroxylation sites is 2. The molecule has 5 nitrogen and oxygen atoms in total. The number of aromatic nitrogens is 1. The van der Waals surface area contributed by atoms with Crippen LogP contribution in [0.5, 0.6) is 0 Å². The monoisotopic (exact) mass is 367 g/mol. The Kier molecular flexibility index (Phi) is 5.05. The summed E-state index contributed by atoms with van der Waals surface area (Å²) in [7, 11) is 0. The zero-order valence-corrected chi connectivity index (χ0v) is 15.0. The minimum Gasteiger partial charge on any atom is -0.440 e. The van der Waals surface area contributed by atoms with Gasteiger partial charge in [-0.25, -0.2) is 14.2 Å². The summed E-state index contributed by atoms with van der Waals surface area (Å²) in [5.41, 5.74) is 2.57. The van der Waals surface area contributed by atoms with Crippen molar-refractivity contribution >= 4 is 17.1 Å². The van der Waals surface area contributed by atoms with Crippen molar-refractivity contribution in [2.75, 3.05) is 19.6 Å². The van der Waals surface area contributed by atoms with Gasteiger partial charge in [-0.05, 0) is 49.1 Å². The molecule has 0 saturated carbocycles. The number of fused-ring (bicyclic) bond motifs is 1. The predicted molar refractivity (Wildman–Crippen MR) is 101 cm³/mol. The average Bonchev–Trinajstić information content (AvgIpc) is 3.12. The van der Waals surface area contributed by atoms with Crippen molar-refractivity contribution < 1.29 is 13.6 Å². The second-order valence-corrected chi connectivity index (χ2v) is 6.89. The summed E-state index contributed by atoms with van der Waals surface area (Å²) in [6.07, 6.45) is 2.29.